The average Bonchev–Trinajstić information content (AvgIpc) is 3.17. The third-order valence-electron chi connectivity index (χ3n) is 8.38. The number of esters is 2. The summed E-state index contributed by atoms with van der Waals surface area (Å²) in [7, 11) is -9.56. The van der Waals surface area contributed by atoms with E-state index in [-0.39, 0.29) is 12.8 Å². The molecule has 0 aromatic heterocycles. The van der Waals surface area contributed by atoms with Crippen LogP contribution in [0.5, 0.6) is 0 Å². The summed E-state index contributed by atoms with van der Waals surface area (Å²) in [5, 5.41) is 29.9. The number of hydrogen-bond acceptors (Lipinski definition) is 13. The second-order valence-electron chi connectivity index (χ2n) is 14.0. The standard InChI is InChI=1S/C39H74O15P2/c1-3-5-7-9-11-13-15-16-18-20-22-24-26-28-39(44)50-30-36(41)32-52-56(47,48)54-34-37(42)33-53-55(45,46)51-31-35(40)29-49-38(43)27-25-23-21-19-17-14-12-10-8-6-4-2/h10,12,16,18,35-37,40-42H,3-9,11,13-15,17,19-34H2,1-2H3,(H,45,46)(H,47,48)/b12-10-,18-16-. The minimum Gasteiger partial charge on any atom is -0.463 e. The number of phosphoric acid groups is 2. The van der Waals surface area contributed by atoms with Gasteiger partial charge in [0.2, 0.25) is 0 Å². The van der Waals surface area contributed by atoms with Crippen molar-refractivity contribution in [2.24, 2.45) is 0 Å². The summed E-state index contributed by atoms with van der Waals surface area (Å²) < 4.78 is 52.7. The van der Waals surface area contributed by atoms with Crippen molar-refractivity contribution in [3.63, 3.8) is 0 Å². The fourth-order valence-corrected chi connectivity index (χ4v) is 6.66. The first-order valence-electron chi connectivity index (χ1n) is 20.7. The number of ether oxygens (including phenoxy) is 2. The van der Waals surface area contributed by atoms with Crippen molar-refractivity contribution >= 4 is 27.6 Å². The van der Waals surface area contributed by atoms with E-state index in [9.17, 15) is 43.8 Å². The lowest BCUT2D eigenvalue weighted by molar-refractivity contribution is -0.148. The summed E-state index contributed by atoms with van der Waals surface area (Å²) in [6.45, 7) is 0.318. The highest BCUT2D eigenvalue weighted by Crippen LogP contribution is 2.45. The molecule has 0 aliphatic carbocycles. The third-order valence-corrected chi connectivity index (χ3v) is 10.3. The summed E-state index contributed by atoms with van der Waals surface area (Å²) >= 11 is 0. The molecule has 0 spiro atoms. The lowest BCUT2D eigenvalue weighted by atomic mass is 10.1. The van der Waals surface area contributed by atoms with Crippen LogP contribution in [0.3, 0.4) is 0 Å². The first-order chi connectivity index (χ1) is 26.8. The van der Waals surface area contributed by atoms with E-state index in [0.717, 1.165) is 64.2 Å². The van der Waals surface area contributed by atoms with Crippen LogP contribution < -0.4 is 0 Å². The Morgan fingerprint density at radius 2 is 0.732 bits per heavy atom. The van der Waals surface area contributed by atoms with Crippen LogP contribution in [-0.2, 0) is 46.3 Å². The summed E-state index contributed by atoms with van der Waals surface area (Å²) in [5.74, 6) is -1.02. The van der Waals surface area contributed by atoms with Gasteiger partial charge >= 0.3 is 27.6 Å². The number of aliphatic hydroxyl groups excluding tert-OH is 3. The van der Waals surface area contributed by atoms with Crippen molar-refractivity contribution in [1.82, 2.24) is 0 Å². The van der Waals surface area contributed by atoms with Gasteiger partial charge in [0.15, 0.2) is 0 Å². The lowest BCUT2D eigenvalue weighted by Crippen LogP contribution is -2.25. The highest BCUT2D eigenvalue weighted by molar-refractivity contribution is 7.47. The van der Waals surface area contributed by atoms with Crippen LogP contribution in [0, 0.1) is 0 Å². The molecule has 5 atom stereocenters. The van der Waals surface area contributed by atoms with Crippen molar-refractivity contribution in [3.05, 3.63) is 24.3 Å². The molecule has 0 aromatic carbocycles. The van der Waals surface area contributed by atoms with E-state index in [4.69, 9.17) is 9.47 Å². The molecule has 0 aromatic rings. The van der Waals surface area contributed by atoms with Gasteiger partial charge in [-0.1, -0.05) is 109 Å². The van der Waals surface area contributed by atoms with Gasteiger partial charge in [-0.05, 0) is 57.8 Å². The van der Waals surface area contributed by atoms with E-state index in [1.165, 1.54) is 51.4 Å². The van der Waals surface area contributed by atoms with E-state index in [2.05, 4.69) is 56.2 Å². The van der Waals surface area contributed by atoms with Gasteiger partial charge in [-0.25, -0.2) is 9.13 Å². The molecule has 15 nitrogen and oxygen atoms in total. The van der Waals surface area contributed by atoms with Crippen molar-refractivity contribution in [2.75, 3.05) is 39.6 Å². The fraction of sp³-hybridized carbons (Fsp3) is 0.846. The number of allylic oxidation sites excluding steroid dienone is 4. The number of phosphoric ester groups is 2. The summed E-state index contributed by atoms with van der Waals surface area (Å²) in [6.07, 6.45) is 26.2. The van der Waals surface area contributed by atoms with Gasteiger partial charge in [-0.15, -0.1) is 0 Å². The Morgan fingerprint density at radius 3 is 1.11 bits per heavy atom. The van der Waals surface area contributed by atoms with Crippen molar-refractivity contribution in [1.29, 1.82) is 0 Å². The Morgan fingerprint density at radius 1 is 0.446 bits per heavy atom. The lowest BCUT2D eigenvalue weighted by Gasteiger charge is -2.19. The largest absolute Gasteiger partial charge is 0.472 e. The Bertz CT molecular complexity index is 1120. The smallest absolute Gasteiger partial charge is 0.463 e. The van der Waals surface area contributed by atoms with Crippen LogP contribution in [-0.4, -0.2) is 95.0 Å². The van der Waals surface area contributed by atoms with Gasteiger partial charge in [-0.3, -0.25) is 27.7 Å². The van der Waals surface area contributed by atoms with E-state index in [0.29, 0.717) is 12.8 Å². The van der Waals surface area contributed by atoms with Crippen LogP contribution in [0.2, 0.25) is 0 Å². The Balaban J connectivity index is 3.97. The molecule has 17 heteroatoms. The van der Waals surface area contributed by atoms with Gasteiger partial charge in [0.1, 0.15) is 31.5 Å². The number of unbranched alkanes of at least 4 members (excludes halogenated alkanes) is 16. The van der Waals surface area contributed by atoms with Gasteiger partial charge in [-0.2, -0.15) is 0 Å². The van der Waals surface area contributed by atoms with E-state index < -0.39 is 85.5 Å². The maximum atomic E-state index is 12.1. The predicted molar refractivity (Wildman–Crippen MR) is 215 cm³/mol. The molecular formula is C39H74O15P2. The van der Waals surface area contributed by atoms with Crippen LogP contribution in [0.1, 0.15) is 155 Å². The zero-order valence-electron chi connectivity index (χ0n) is 34.1. The quantitative estimate of drug-likeness (QED) is 0.0170. The zero-order chi connectivity index (χ0) is 41.8. The molecule has 0 saturated heterocycles. The normalized spacial score (nSPS) is 15.8. The second-order valence-corrected chi connectivity index (χ2v) is 16.9. The second kappa shape index (κ2) is 36.6. The molecule has 0 radical (unpaired) electrons. The van der Waals surface area contributed by atoms with Gasteiger partial charge in [0.05, 0.1) is 26.4 Å². The van der Waals surface area contributed by atoms with Crippen LogP contribution in [0.25, 0.3) is 0 Å². The molecule has 0 aliphatic rings. The number of aliphatic hydroxyl groups is 3. The SMILES string of the molecule is CCCC/C=C\CCCCCCCC(=O)OCC(O)COP(=O)(O)OCC(O)COP(=O)(O)OCC(O)COC(=O)CCCCC/C=C\CCCCCCCC. The molecule has 0 aliphatic heterocycles. The first kappa shape index (κ1) is 54.5. The van der Waals surface area contributed by atoms with Crippen molar-refractivity contribution < 1.29 is 71.4 Å². The van der Waals surface area contributed by atoms with E-state index in [1.807, 2.05) is 0 Å². The van der Waals surface area contributed by atoms with Crippen LogP contribution in [0.4, 0.5) is 0 Å². The van der Waals surface area contributed by atoms with Gasteiger partial charge in [0, 0.05) is 12.8 Å². The maximum absolute atomic E-state index is 12.1. The minimum absolute atomic E-state index is 0.177. The molecule has 0 bridgehead atoms. The molecule has 0 rings (SSSR count). The Labute approximate surface area is 335 Å². The molecule has 5 unspecified atom stereocenters. The van der Waals surface area contributed by atoms with Gasteiger partial charge in [0.25, 0.3) is 0 Å². The molecular weight excluding hydrogens is 770 g/mol. The monoisotopic (exact) mass is 844 g/mol. The average molecular weight is 845 g/mol. The van der Waals surface area contributed by atoms with Crippen molar-refractivity contribution in [2.45, 2.75) is 173 Å². The summed E-state index contributed by atoms with van der Waals surface area (Å²) in [4.78, 5) is 43.5. The maximum Gasteiger partial charge on any atom is 0.472 e. The van der Waals surface area contributed by atoms with E-state index >= 15 is 0 Å². The van der Waals surface area contributed by atoms with Crippen LogP contribution >= 0.6 is 15.6 Å². The fourth-order valence-electron chi connectivity index (χ4n) is 5.07. The first-order valence-corrected chi connectivity index (χ1v) is 23.7. The molecule has 0 fully saturated rings. The molecule has 0 heterocycles. The third kappa shape index (κ3) is 38.1. The van der Waals surface area contributed by atoms with Crippen LogP contribution in [0.15, 0.2) is 24.3 Å². The topological polar surface area (TPSA) is 225 Å². The Kier molecular flexibility index (Phi) is 35.6. The molecule has 0 amide bonds. The van der Waals surface area contributed by atoms with Crippen molar-refractivity contribution in [3.8, 4) is 0 Å². The van der Waals surface area contributed by atoms with Gasteiger partial charge < -0.3 is 34.6 Å². The highest BCUT2D eigenvalue weighted by Gasteiger charge is 2.28. The zero-order valence-corrected chi connectivity index (χ0v) is 35.8. The highest BCUT2D eigenvalue weighted by atomic mass is 31.2. The molecule has 0 saturated carbocycles. The Hall–Kier alpha value is -1.48. The number of carbonyl (C=O) groups is 2. The number of hydrogen-bond donors (Lipinski definition) is 5. The molecule has 330 valence electrons. The predicted octanol–water partition coefficient (Wildman–Crippen LogP) is 8.16. The van der Waals surface area contributed by atoms with E-state index in [1.54, 1.807) is 0 Å². The molecule has 56 heavy (non-hydrogen) atoms. The number of carbonyl (C=O) groups excluding carboxylic acids is 2. The minimum atomic E-state index is -4.78. The summed E-state index contributed by atoms with van der Waals surface area (Å²) in [5.41, 5.74) is 0. The number of rotatable bonds is 40. The molecule has 5 N–H and O–H groups in total. The summed E-state index contributed by atoms with van der Waals surface area (Å²) in [6, 6.07) is 0.